The molecule has 2 N–H and O–H groups in total. The molecule has 0 aromatic carbocycles. The highest BCUT2D eigenvalue weighted by Gasteiger charge is 2.34. The number of rotatable bonds is 5. The molecule has 0 spiro atoms. The molecule has 2 atom stereocenters. The Labute approximate surface area is 129 Å². The second kappa shape index (κ2) is 6.15. The van der Waals surface area contributed by atoms with Crippen molar-refractivity contribution in [2.24, 2.45) is 24.6 Å². The van der Waals surface area contributed by atoms with Crippen molar-refractivity contribution in [1.29, 1.82) is 0 Å². The topological polar surface area (TPSA) is 78.0 Å². The third-order valence-electron chi connectivity index (χ3n) is 4.20. The van der Waals surface area contributed by atoms with Crippen molar-refractivity contribution >= 4 is 25.8 Å². The largest absolute Gasteiger partial charge is 0.330 e. The number of sulfone groups is 1. The van der Waals surface area contributed by atoms with Crippen molar-refractivity contribution < 1.29 is 8.42 Å². The average molecular weight is 364 g/mol. The number of hydrogen-bond donors (Lipinski definition) is 1. The van der Waals surface area contributed by atoms with Gasteiger partial charge in [-0.2, -0.15) is 5.10 Å². The second-order valence-corrected chi connectivity index (χ2v) is 8.57. The fourth-order valence-electron chi connectivity index (χ4n) is 2.93. The first-order valence-electron chi connectivity index (χ1n) is 6.98. The zero-order chi connectivity index (χ0) is 14.9. The quantitative estimate of drug-likeness (QED) is 0.854. The van der Waals surface area contributed by atoms with Gasteiger partial charge in [0.15, 0.2) is 9.84 Å². The SMILES string of the molecule is CCc1nn(C)c(CC(CN)C2CCS(=O)(=O)C2)c1Br. The van der Waals surface area contributed by atoms with Crippen LogP contribution >= 0.6 is 15.9 Å². The van der Waals surface area contributed by atoms with Crippen molar-refractivity contribution in [3.05, 3.63) is 15.9 Å². The summed E-state index contributed by atoms with van der Waals surface area (Å²) in [5.41, 5.74) is 8.04. The number of halogens is 1. The molecule has 2 heterocycles. The highest BCUT2D eigenvalue weighted by molar-refractivity contribution is 9.10. The lowest BCUT2D eigenvalue weighted by molar-refractivity contribution is 0.363. The van der Waals surface area contributed by atoms with Crippen LogP contribution in [-0.4, -0.2) is 36.2 Å². The van der Waals surface area contributed by atoms with Crippen molar-refractivity contribution in [3.8, 4) is 0 Å². The zero-order valence-corrected chi connectivity index (χ0v) is 14.4. The standard InChI is InChI=1S/C13H22BrN3O2S/c1-3-11-13(14)12(17(2)16-11)6-10(7-15)9-4-5-20(18,19)8-9/h9-10H,3-8,15H2,1-2H3. The molecule has 20 heavy (non-hydrogen) atoms. The molecule has 0 amide bonds. The first-order valence-corrected chi connectivity index (χ1v) is 9.60. The summed E-state index contributed by atoms with van der Waals surface area (Å²) in [7, 11) is -0.923. The Morgan fingerprint density at radius 2 is 2.25 bits per heavy atom. The maximum atomic E-state index is 11.6. The minimum Gasteiger partial charge on any atom is -0.330 e. The summed E-state index contributed by atoms with van der Waals surface area (Å²) in [4.78, 5) is 0. The molecule has 0 saturated carbocycles. The number of aromatic nitrogens is 2. The van der Waals surface area contributed by atoms with Gasteiger partial charge in [0.1, 0.15) is 0 Å². The van der Waals surface area contributed by atoms with Crippen LogP contribution < -0.4 is 5.73 Å². The van der Waals surface area contributed by atoms with E-state index >= 15 is 0 Å². The molecule has 2 unspecified atom stereocenters. The van der Waals surface area contributed by atoms with Crippen LogP contribution in [0.5, 0.6) is 0 Å². The normalized spacial score (nSPS) is 23.1. The van der Waals surface area contributed by atoms with Gasteiger partial charge in [0, 0.05) is 7.05 Å². The highest BCUT2D eigenvalue weighted by Crippen LogP contribution is 2.31. The summed E-state index contributed by atoms with van der Waals surface area (Å²) in [5.74, 6) is 0.965. The van der Waals surface area contributed by atoms with E-state index in [4.69, 9.17) is 5.73 Å². The smallest absolute Gasteiger partial charge is 0.150 e. The predicted molar refractivity (Wildman–Crippen MR) is 83.3 cm³/mol. The fraction of sp³-hybridized carbons (Fsp3) is 0.769. The highest BCUT2D eigenvalue weighted by atomic mass is 79.9. The van der Waals surface area contributed by atoms with Crippen LogP contribution in [0.2, 0.25) is 0 Å². The minimum absolute atomic E-state index is 0.178. The van der Waals surface area contributed by atoms with Crippen molar-refractivity contribution in [1.82, 2.24) is 9.78 Å². The molecule has 0 radical (unpaired) electrons. The van der Waals surface area contributed by atoms with E-state index in [1.807, 2.05) is 11.7 Å². The second-order valence-electron chi connectivity index (χ2n) is 5.55. The molecule has 114 valence electrons. The van der Waals surface area contributed by atoms with Gasteiger partial charge in [0.05, 0.1) is 27.4 Å². The van der Waals surface area contributed by atoms with Crippen LogP contribution in [0.3, 0.4) is 0 Å². The van der Waals surface area contributed by atoms with Gasteiger partial charge >= 0.3 is 0 Å². The van der Waals surface area contributed by atoms with Crippen LogP contribution in [-0.2, 0) is 29.7 Å². The molecule has 5 nitrogen and oxygen atoms in total. The number of aryl methyl sites for hydroxylation is 2. The molecule has 1 aromatic heterocycles. The van der Waals surface area contributed by atoms with Crippen LogP contribution in [0.25, 0.3) is 0 Å². The Morgan fingerprint density at radius 3 is 2.70 bits per heavy atom. The lowest BCUT2D eigenvalue weighted by Crippen LogP contribution is -2.27. The summed E-state index contributed by atoms with van der Waals surface area (Å²) < 4.78 is 26.2. The number of hydrogen-bond acceptors (Lipinski definition) is 4. The molecular formula is C13H22BrN3O2S. The lowest BCUT2D eigenvalue weighted by atomic mass is 9.88. The molecular weight excluding hydrogens is 342 g/mol. The van der Waals surface area contributed by atoms with Crippen molar-refractivity contribution in [2.45, 2.75) is 26.2 Å². The van der Waals surface area contributed by atoms with Crippen LogP contribution in [0.1, 0.15) is 24.7 Å². The Kier molecular flexibility index (Phi) is 4.92. The minimum atomic E-state index is -2.85. The fourth-order valence-corrected chi connectivity index (χ4v) is 5.63. The predicted octanol–water partition coefficient (Wildman–Crippen LogP) is 1.30. The average Bonchev–Trinajstić information content (AvgIpc) is 2.88. The van der Waals surface area contributed by atoms with E-state index in [0.29, 0.717) is 12.3 Å². The van der Waals surface area contributed by atoms with Crippen LogP contribution in [0, 0.1) is 11.8 Å². The molecule has 0 aliphatic carbocycles. The van der Waals surface area contributed by atoms with E-state index < -0.39 is 9.84 Å². The Balaban J connectivity index is 2.17. The van der Waals surface area contributed by atoms with E-state index in [9.17, 15) is 8.42 Å². The van der Waals surface area contributed by atoms with Gasteiger partial charge in [0.2, 0.25) is 0 Å². The van der Waals surface area contributed by atoms with Crippen LogP contribution in [0.15, 0.2) is 4.47 Å². The maximum Gasteiger partial charge on any atom is 0.150 e. The molecule has 1 saturated heterocycles. The molecule has 1 aliphatic rings. The van der Waals surface area contributed by atoms with Crippen molar-refractivity contribution in [2.75, 3.05) is 18.1 Å². The zero-order valence-electron chi connectivity index (χ0n) is 12.0. The third-order valence-corrected chi connectivity index (χ3v) is 6.90. The number of nitrogens with two attached hydrogens (primary N) is 1. The van der Waals surface area contributed by atoms with Crippen molar-refractivity contribution in [3.63, 3.8) is 0 Å². The molecule has 1 aromatic rings. The van der Waals surface area contributed by atoms with E-state index in [1.54, 1.807) is 0 Å². The van der Waals surface area contributed by atoms with Crippen LogP contribution in [0.4, 0.5) is 0 Å². The van der Waals surface area contributed by atoms with Gasteiger partial charge < -0.3 is 5.73 Å². The monoisotopic (exact) mass is 363 g/mol. The summed E-state index contributed by atoms with van der Waals surface area (Å²) in [6.45, 7) is 2.58. The Morgan fingerprint density at radius 1 is 1.55 bits per heavy atom. The Hall–Kier alpha value is -0.400. The summed E-state index contributed by atoms with van der Waals surface area (Å²) in [5, 5.41) is 4.48. The van der Waals surface area contributed by atoms with E-state index in [2.05, 4.69) is 28.0 Å². The van der Waals surface area contributed by atoms with Gasteiger partial charge in [-0.3, -0.25) is 4.68 Å². The first-order chi connectivity index (χ1) is 9.38. The van der Waals surface area contributed by atoms with Gasteiger partial charge in [0.25, 0.3) is 0 Å². The summed E-state index contributed by atoms with van der Waals surface area (Å²) in [6.07, 6.45) is 2.39. The van der Waals surface area contributed by atoms with Gasteiger partial charge in [-0.05, 0) is 53.6 Å². The van der Waals surface area contributed by atoms with E-state index in [1.165, 1.54) is 0 Å². The maximum absolute atomic E-state index is 11.6. The molecule has 1 aliphatic heterocycles. The van der Waals surface area contributed by atoms with Gasteiger partial charge in [-0.15, -0.1) is 0 Å². The Bertz CT molecular complexity index is 583. The molecule has 2 rings (SSSR count). The lowest BCUT2D eigenvalue weighted by Gasteiger charge is -2.21. The van der Waals surface area contributed by atoms with E-state index in [0.717, 1.165) is 35.1 Å². The van der Waals surface area contributed by atoms with Gasteiger partial charge in [-0.25, -0.2) is 8.42 Å². The number of nitrogens with zero attached hydrogens (tertiary/aromatic N) is 2. The summed E-state index contributed by atoms with van der Waals surface area (Å²) >= 11 is 3.61. The summed E-state index contributed by atoms with van der Waals surface area (Å²) in [6, 6.07) is 0. The first kappa shape index (κ1) is 16.0. The molecule has 1 fully saturated rings. The van der Waals surface area contributed by atoms with Gasteiger partial charge in [-0.1, -0.05) is 6.92 Å². The third kappa shape index (κ3) is 3.26. The molecule has 7 heteroatoms. The van der Waals surface area contributed by atoms with E-state index in [-0.39, 0.29) is 17.6 Å². The molecule has 0 bridgehead atoms.